The van der Waals surface area contributed by atoms with Crippen LogP contribution in [0.3, 0.4) is 0 Å². The summed E-state index contributed by atoms with van der Waals surface area (Å²) < 4.78 is 0. The van der Waals surface area contributed by atoms with Crippen molar-refractivity contribution in [3.05, 3.63) is 0 Å². The zero-order valence-electron chi connectivity index (χ0n) is 2.63. The summed E-state index contributed by atoms with van der Waals surface area (Å²) in [6.45, 7) is 0. The van der Waals surface area contributed by atoms with Crippen molar-refractivity contribution in [1.29, 1.82) is 0 Å². The summed E-state index contributed by atoms with van der Waals surface area (Å²) in [6.07, 6.45) is 0. The number of hydrogen-bond donors (Lipinski definition) is 0. The van der Waals surface area contributed by atoms with Crippen LogP contribution in [0.5, 0.6) is 0 Å². The maximum absolute atomic E-state index is 0. The van der Waals surface area contributed by atoms with Gasteiger partial charge in [0.25, 0.3) is 0 Å². The molecule has 0 aliphatic carbocycles. The molecular weight excluding hydrogens is 604 g/mol. The van der Waals surface area contributed by atoms with Crippen LogP contribution in [-0.4, -0.2) is 0 Å². The summed E-state index contributed by atoms with van der Waals surface area (Å²) in [7, 11) is 0. The maximum Gasteiger partial charge on any atom is 4.00 e. The minimum atomic E-state index is 0. The van der Waals surface area contributed by atoms with Gasteiger partial charge in [0, 0.05) is 0 Å². The van der Waals surface area contributed by atoms with Gasteiger partial charge in [0.05, 0.1) is 0 Å². The molecule has 0 aliphatic heterocycles. The van der Waals surface area contributed by atoms with Gasteiger partial charge in [-0.25, -0.2) is 0 Å². The second-order valence-electron chi connectivity index (χ2n) is 0. The summed E-state index contributed by atoms with van der Waals surface area (Å²) in [4.78, 5) is 0. The first-order valence-corrected chi connectivity index (χ1v) is 0. The van der Waals surface area contributed by atoms with Crippen molar-refractivity contribution in [2.75, 3.05) is 0 Å². The third-order valence-electron chi connectivity index (χ3n) is 0. The van der Waals surface area contributed by atoms with E-state index < -0.39 is 0 Å². The van der Waals surface area contributed by atoms with Crippen LogP contribution in [0.4, 0.5) is 0 Å². The quantitative estimate of drug-likeness (QED) is 0.366. The van der Waals surface area contributed by atoms with Crippen LogP contribution in [0, 0.1) is 62.2 Å². The molecule has 0 radical (unpaired) electrons. The summed E-state index contributed by atoms with van der Waals surface area (Å²) in [5.41, 5.74) is 0. The molecule has 32 valence electrons. The van der Waals surface area contributed by atoms with Crippen molar-refractivity contribution in [3.63, 3.8) is 0 Å². The van der Waals surface area contributed by atoms with Crippen LogP contribution in [0.15, 0.2) is 0 Å². The molecule has 0 rings (SSSR count). The molecule has 0 amide bonds. The predicted octanol–water partition coefficient (Wildman–Crippen LogP) is -0.00960. The zero-order valence-corrected chi connectivity index (χ0v) is 14.2. The average molecular weight is 604 g/mol. The number of rotatable bonds is 0. The molecule has 0 saturated heterocycles. The third-order valence-corrected chi connectivity index (χ3v) is 0. The molecule has 0 aromatic rings. The Labute approximate surface area is 114 Å². The molecule has 0 N–H and O–H groups in total. The van der Waals surface area contributed by atoms with Crippen molar-refractivity contribution >= 4 is 54.0 Å². The van der Waals surface area contributed by atoms with Gasteiger partial charge in [-0.1, -0.05) is 0 Å². The maximum atomic E-state index is 0. The Kier molecular flexibility index (Phi) is 364. The van der Waals surface area contributed by atoms with Gasteiger partial charge in [0.1, 0.15) is 0 Å². The van der Waals surface area contributed by atoms with E-state index in [0.717, 1.165) is 0 Å². The number of hydrogen-bond acceptors (Lipinski definition) is 0. The van der Waals surface area contributed by atoms with Gasteiger partial charge >= 0.3 is 62.2 Å². The minimum Gasteiger partial charge on any atom is -2.00 e. The van der Waals surface area contributed by atoms with Crippen LogP contribution in [0.25, 0.3) is 0 Å². The second-order valence-corrected chi connectivity index (χ2v) is 0. The molecule has 0 fully saturated rings. The van der Waals surface area contributed by atoms with Gasteiger partial charge in [-0.05, 0) is 0 Å². The molecule has 0 bridgehead atoms. The molecule has 0 nitrogen and oxygen atoms in total. The first-order chi connectivity index (χ1) is 0. The fraction of sp³-hybridized carbons (Fsp3) is 0. The van der Waals surface area contributed by atoms with E-state index in [1.807, 2.05) is 0 Å². The van der Waals surface area contributed by atoms with E-state index in [1.54, 1.807) is 0 Å². The van der Waals surface area contributed by atoms with E-state index in [0.29, 0.717) is 0 Å². The van der Waals surface area contributed by atoms with E-state index in [4.69, 9.17) is 0 Å². The third kappa shape index (κ3) is 25.9. The Morgan fingerprint density at radius 3 is 0.333 bits per heavy atom. The normalized spacial score (nSPS) is 0. The van der Waals surface area contributed by atoms with E-state index in [2.05, 4.69) is 0 Å². The van der Waals surface area contributed by atoms with Crippen molar-refractivity contribution in [2.24, 2.45) is 0 Å². The van der Waals surface area contributed by atoms with Crippen LogP contribution >= 0.6 is 0 Å². The van der Waals surface area contributed by atoms with Crippen molar-refractivity contribution in [3.8, 4) is 0 Å². The molecule has 0 spiro atoms. The van der Waals surface area contributed by atoms with Crippen molar-refractivity contribution in [1.82, 2.24) is 0 Å². The molecular formula is S4U2. The van der Waals surface area contributed by atoms with Crippen molar-refractivity contribution in [2.45, 2.75) is 0 Å². The monoisotopic (exact) mass is 604 g/mol. The van der Waals surface area contributed by atoms with Crippen LogP contribution in [0.1, 0.15) is 0 Å². The minimum absolute atomic E-state index is 0. The molecule has 0 aromatic carbocycles. The average Bonchev–Trinajstić information content (AvgIpc) is 0. The Hall–Kier alpha value is 3.50. The van der Waals surface area contributed by atoms with E-state index >= 15 is 0 Å². The second kappa shape index (κ2) is 39.0. The molecule has 0 unspecified atom stereocenters. The molecule has 6 heteroatoms. The summed E-state index contributed by atoms with van der Waals surface area (Å²) in [5, 5.41) is 0. The smallest absolute Gasteiger partial charge is 2.00 e. The van der Waals surface area contributed by atoms with E-state index in [1.165, 1.54) is 0 Å². The Morgan fingerprint density at radius 2 is 0.333 bits per heavy atom. The zero-order chi connectivity index (χ0) is 0. The van der Waals surface area contributed by atoms with Gasteiger partial charge in [-0.2, -0.15) is 0 Å². The van der Waals surface area contributed by atoms with Gasteiger partial charge in [-0.3, -0.25) is 0 Å². The summed E-state index contributed by atoms with van der Waals surface area (Å²) in [6, 6.07) is 0. The first kappa shape index (κ1) is 56.0. The Bertz CT molecular complexity index is 5.51. The van der Waals surface area contributed by atoms with Crippen LogP contribution in [0.2, 0.25) is 0 Å². The first-order valence-electron chi connectivity index (χ1n) is 0. The Morgan fingerprint density at radius 1 is 0.333 bits per heavy atom. The molecule has 0 saturated carbocycles. The van der Waals surface area contributed by atoms with Gasteiger partial charge in [0.2, 0.25) is 0 Å². The molecule has 0 heterocycles. The standard InChI is InChI=1S/4S.2U/q4*-2;2*+4. The Balaban J connectivity index is 0. The predicted molar refractivity (Wildman–Crippen MR) is 29.5 cm³/mol. The van der Waals surface area contributed by atoms with Crippen LogP contribution in [-0.2, 0) is 54.0 Å². The molecule has 0 aliphatic rings. The van der Waals surface area contributed by atoms with E-state index in [9.17, 15) is 0 Å². The molecule has 6 heavy (non-hydrogen) atoms. The fourth-order valence-electron chi connectivity index (χ4n) is 0. The molecule has 0 atom stereocenters. The summed E-state index contributed by atoms with van der Waals surface area (Å²) >= 11 is 0. The van der Waals surface area contributed by atoms with E-state index in [-0.39, 0.29) is 116 Å². The fourth-order valence-corrected chi connectivity index (χ4v) is 0. The van der Waals surface area contributed by atoms with Gasteiger partial charge < -0.3 is 54.0 Å². The van der Waals surface area contributed by atoms with Crippen molar-refractivity contribution < 1.29 is 62.2 Å². The summed E-state index contributed by atoms with van der Waals surface area (Å²) in [5.74, 6) is 0. The van der Waals surface area contributed by atoms with Crippen LogP contribution < -0.4 is 0 Å². The topological polar surface area (TPSA) is 0 Å². The molecule has 0 aromatic heterocycles. The van der Waals surface area contributed by atoms with Gasteiger partial charge in [0.15, 0.2) is 0 Å². The SMILES string of the molecule is [S-2].[S-2].[S-2].[S-2].[U+4].[U+4]. The largest absolute Gasteiger partial charge is 4.00 e. The van der Waals surface area contributed by atoms with Gasteiger partial charge in [-0.15, -0.1) is 0 Å².